The molecule has 0 atom stereocenters. The number of anilines is 3. The average Bonchev–Trinajstić information content (AvgIpc) is 3.59. The number of allylic oxidation sites excluding steroid dienone is 1. The summed E-state index contributed by atoms with van der Waals surface area (Å²) in [5.74, 6) is 0.535. The lowest BCUT2D eigenvalue weighted by molar-refractivity contribution is -0.119. The van der Waals surface area contributed by atoms with Gasteiger partial charge in [-0.15, -0.1) is 0 Å². The summed E-state index contributed by atoms with van der Waals surface area (Å²) in [7, 11) is 0. The number of nitriles is 1. The summed E-state index contributed by atoms with van der Waals surface area (Å²) in [5, 5.41) is 12.6. The Morgan fingerprint density at radius 2 is 2.00 bits per heavy atom. The number of aryl methyl sites for hydroxylation is 1. The van der Waals surface area contributed by atoms with Gasteiger partial charge in [-0.05, 0) is 73.9 Å². The SMILES string of the molecule is C=C(Nc1cc(C#N)ccc1N)C1(c2ccc3c(c2)CCCN3C(=O)C2CC2)CCC1. The van der Waals surface area contributed by atoms with E-state index in [0.717, 1.165) is 68.6 Å². The second-order valence-electron chi connectivity index (χ2n) is 9.16. The van der Waals surface area contributed by atoms with Gasteiger partial charge in [0, 0.05) is 29.3 Å². The van der Waals surface area contributed by atoms with Crippen LogP contribution in [0.15, 0.2) is 48.7 Å². The van der Waals surface area contributed by atoms with Crippen LogP contribution in [0.2, 0.25) is 0 Å². The highest BCUT2D eigenvalue weighted by Crippen LogP contribution is 2.50. The van der Waals surface area contributed by atoms with E-state index in [1.54, 1.807) is 18.2 Å². The molecule has 2 aromatic rings. The number of rotatable bonds is 5. The molecule has 31 heavy (non-hydrogen) atoms. The molecule has 1 amide bonds. The molecule has 0 bridgehead atoms. The van der Waals surface area contributed by atoms with Crippen LogP contribution in [0.25, 0.3) is 0 Å². The van der Waals surface area contributed by atoms with Gasteiger partial charge < -0.3 is 16.0 Å². The molecule has 0 unspecified atom stereocenters. The Bertz CT molecular complexity index is 1100. The predicted molar refractivity (Wildman–Crippen MR) is 124 cm³/mol. The maximum atomic E-state index is 12.7. The molecular weight excluding hydrogens is 384 g/mol. The summed E-state index contributed by atoms with van der Waals surface area (Å²) in [6.07, 6.45) is 7.29. The number of nitrogens with zero attached hydrogens (tertiary/aromatic N) is 2. The zero-order chi connectivity index (χ0) is 21.6. The molecule has 2 aliphatic carbocycles. The average molecular weight is 413 g/mol. The van der Waals surface area contributed by atoms with Gasteiger partial charge in [0.15, 0.2) is 0 Å². The van der Waals surface area contributed by atoms with E-state index in [0.29, 0.717) is 17.2 Å². The summed E-state index contributed by atoms with van der Waals surface area (Å²) in [4.78, 5) is 14.7. The van der Waals surface area contributed by atoms with Gasteiger partial charge in [0.25, 0.3) is 0 Å². The molecule has 0 spiro atoms. The molecule has 158 valence electrons. The maximum Gasteiger partial charge on any atom is 0.230 e. The highest BCUT2D eigenvalue weighted by Gasteiger charge is 2.42. The summed E-state index contributed by atoms with van der Waals surface area (Å²) in [5.41, 5.74) is 12.4. The Hall–Kier alpha value is -3.26. The summed E-state index contributed by atoms with van der Waals surface area (Å²) < 4.78 is 0. The van der Waals surface area contributed by atoms with Gasteiger partial charge in [-0.2, -0.15) is 5.26 Å². The quantitative estimate of drug-likeness (QED) is 0.686. The molecule has 5 rings (SSSR count). The molecule has 2 aromatic carbocycles. The third kappa shape index (κ3) is 3.37. The fraction of sp³-hybridized carbons (Fsp3) is 0.385. The van der Waals surface area contributed by atoms with E-state index in [-0.39, 0.29) is 11.3 Å². The highest BCUT2D eigenvalue weighted by molar-refractivity contribution is 5.97. The molecule has 3 aliphatic rings. The van der Waals surface area contributed by atoms with Gasteiger partial charge in [-0.25, -0.2) is 0 Å². The predicted octanol–water partition coefficient (Wildman–Crippen LogP) is 4.88. The lowest BCUT2D eigenvalue weighted by Crippen LogP contribution is -2.40. The van der Waals surface area contributed by atoms with E-state index < -0.39 is 0 Å². The van der Waals surface area contributed by atoms with Crippen molar-refractivity contribution in [3.63, 3.8) is 0 Å². The zero-order valence-electron chi connectivity index (χ0n) is 17.8. The molecular formula is C26H28N4O. The molecule has 0 saturated heterocycles. The van der Waals surface area contributed by atoms with Crippen LogP contribution in [0.1, 0.15) is 55.2 Å². The Labute approximate surface area is 183 Å². The van der Waals surface area contributed by atoms with Crippen LogP contribution in [0, 0.1) is 17.2 Å². The highest BCUT2D eigenvalue weighted by atomic mass is 16.2. The van der Waals surface area contributed by atoms with Crippen LogP contribution in [0.5, 0.6) is 0 Å². The van der Waals surface area contributed by atoms with E-state index in [1.165, 1.54) is 11.1 Å². The van der Waals surface area contributed by atoms with Gasteiger partial charge in [0.2, 0.25) is 5.91 Å². The molecule has 3 N–H and O–H groups in total. The minimum atomic E-state index is -0.146. The number of nitrogens with two attached hydrogens (primary N) is 1. The fourth-order valence-electron chi connectivity index (χ4n) is 4.99. The van der Waals surface area contributed by atoms with E-state index >= 15 is 0 Å². The van der Waals surface area contributed by atoms with Crippen molar-refractivity contribution < 1.29 is 4.79 Å². The van der Waals surface area contributed by atoms with E-state index in [9.17, 15) is 10.1 Å². The molecule has 1 aliphatic heterocycles. The lowest BCUT2D eigenvalue weighted by Gasteiger charge is -2.45. The Morgan fingerprint density at radius 1 is 1.19 bits per heavy atom. The first-order valence-corrected chi connectivity index (χ1v) is 11.2. The van der Waals surface area contributed by atoms with Crippen molar-refractivity contribution in [1.82, 2.24) is 0 Å². The first-order valence-electron chi connectivity index (χ1n) is 11.2. The minimum absolute atomic E-state index is 0.146. The molecule has 1 heterocycles. The number of benzene rings is 2. The van der Waals surface area contributed by atoms with Gasteiger partial charge in [-0.1, -0.05) is 25.1 Å². The maximum absolute atomic E-state index is 12.7. The second-order valence-corrected chi connectivity index (χ2v) is 9.16. The van der Waals surface area contributed by atoms with Crippen molar-refractivity contribution in [3.8, 4) is 6.07 Å². The summed E-state index contributed by atoms with van der Waals surface area (Å²) in [6.45, 7) is 5.22. The zero-order valence-corrected chi connectivity index (χ0v) is 17.8. The topological polar surface area (TPSA) is 82.2 Å². The first kappa shape index (κ1) is 19.7. The molecule has 0 aromatic heterocycles. The van der Waals surface area contributed by atoms with Crippen LogP contribution < -0.4 is 16.0 Å². The summed E-state index contributed by atoms with van der Waals surface area (Å²) in [6, 6.07) is 14.0. The minimum Gasteiger partial charge on any atom is -0.397 e. The standard InChI is InChI=1S/C26H28N4O/c1-17(29-23-14-18(16-27)5-9-22(23)28)26(11-3-12-26)21-8-10-24-20(15-21)4-2-13-30(24)25(31)19-6-7-19/h5,8-10,14-15,19,29H,1-4,6-7,11-13,28H2. The van der Waals surface area contributed by atoms with Crippen molar-refractivity contribution in [2.24, 2.45) is 5.92 Å². The van der Waals surface area contributed by atoms with Crippen LogP contribution in [0.4, 0.5) is 17.1 Å². The van der Waals surface area contributed by atoms with Crippen LogP contribution in [0.3, 0.4) is 0 Å². The monoisotopic (exact) mass is 412 g/mol. The molecule has 5 nitrogen and oxygen atoms in total. The largest absolute Gasteiger partial charge is 0.397 e. The Balaban J connectivity index is 1.44. The summed E-state index contributed by atoms with van der Waals surface area (Å²) >= 11 is 0. The van der Waals surface area contributed by atoms with Gasteiger partial charge in [0.1, 0.15) is 0 Å². The van der Waals surface area contributed by atoms with Crippen molar-refractivity contribution in [2.75, 3.05) is 22.5 Å². The molecule has 2 fully saturated rings. The van der Waals surface area contributed by atoms with Gasteiger partial charge in [-0.3, -0.25) is 4.79 Å². The number of nitrogens with one attached hydrogen (secondary N) is 1. The molecule has 2 saturated carbocycles. The number of fused-ring (bicyclic) bond motifs is 1. The van der Waals surface area contributed by atoms with Gasteiger partial charge >= 0.3 is 0 Å². The van der Waals surface area contributed by atoms with Crippen molar-refractivity contribution >= 4 is 23.0 Å². The van der Waals surface area contributed by atoms with Crippen molar-refractivity contribution in [2.45, 2.75) is 50.4 Å². The fourth-order valence-corrected chi connectivity index (χ4v) is 4.99. The number of carbonyl (C=O) groups is 1. The van der Waals surface area contributed by atoms with Crippen molar-refractivity contribution in [3.05, 3.63) is 65.4 Å². The third-order valence-electron chi connectivity index (χ3n) is 7.20. The number of carbonyl (C=O) groups excluding carboxylic acids is 1. The van der Waals surface area contributed by atoms with Crippen LogP contribution >= 0.6 is 0 Å². The Kier molecular flexibility index (Phi) is 4.74. The molecule has 5 heteroatoms. The van der Waals surface area contributed by atoms with Crippen molar-refractivity contribution in [1.29, 1.82) is 5.26 Å². The van der Waals surface area contributed by atoms with Crippen LogP contribution in [-0.4, -0.2) is 12.5 Å². The van der Waals surface area contributed by atoms with E-state index in [2.05, 4.69) is 36.2 Å². The van der Waals surface area contributed by atoms with Crippen LogP contribution in [-0.2, 0) is 16.6 Å². The normalized spacial score (nSPS) is 19.0. The number of hydrogen-bond donors (Lipinski definition) is 2. The van der Waals surface area contributed by atoms with Gasteiger partial charge in [0.05, 0.1) is 23.0 Å². The van der Waals surface area contributed by atoms with E-state index in [1.807, 2.05) is 4.90 Å². The van der Waals surface area contributed by atoms with E-state index in [4.69, 9.17) is 5.73 Å². The smallest absolute Gasteiger partial charge is 0.230 e. The number of nitrogen functional groups attached to an aromatic ring is 1. The number of hydrogen-bond acceptors (Lipinski definition) is 4. The molecule has 0 radical (unpaired) electrons. The second kappa shape index (κ2) is 7.46. The lowest BCUT2D eigenvalue weighted by atomic mass is 9.62. The third-order valence-corrected chi connectivity index (χ3v) is 7.20. The first-order chi connectivity index (χ1) is 15.0. The Morgan fingerprint density at radius 3 is 2.68 bits per heavy atom. The number of amides is 1.